The third-order valence-corrected chi connectivity index (χ3v) is 6.64. The molecule has 0 spiro atoms. The molecule has 28 heavy (non-hydrogen) atoms. The molecule has 0 unspecified atom stereocenters. The third-order valence-electron chi connectivity index (χ3n) is 5.06. The number of rotatable bonds is 5. The lowest BCUT2D eigenvalue weighted by molar-refractivity contribution is -0.125. The fourth-order valence-corrected chi connectivity index (χ4v) is 5.12. The molecule has 1 fully saturated rings. The summed E-state index contributed by atoms with van der Waals surface area (Å²) in [6.45, 7) is 0. The minimum absolute atomic E-state index is 0.0192. The second kappa shape index (κ2) is 8.36. The number of benzene rings is 2. The molecule has 2 aromatic carbocycles. The Labute approximate surface area is 163 Å². The molecule has 1 amide bonds. The van der Waals surface area contributed by atoms with Gasteiger partial charge in [0.2, 0.25) is 15.9 Å². The quantitative estimate of drug-likeness (QED) is 0.798. The van der Waals surface area contributed by atoms with Crippen molar-refractivity contribution >= 4 is 15.9 Å². The largest absolute Gasteiger partial charge is 0.359 e. The summed E-state index contributed by atoms with van der Waals surface area (Å²) in [4.78, 5) is 11.7. The van der Waals surface area contributed by atoms with E-state index in [0.717, 1.165) is 12.1 Å². The number of carbonyl (C=O) groups is 1. The molecular weight excluding hydrogens is 386 g/mol. The zero-order valence-electron chi connectivity index (χ0n) is 15.4. The van der Waals surface area contributed by atoms with Crippen molar-refractivity contribution in [2.75, 3.05) is 7.05 Å². The number of nitrogens with one attached hydrogen (secondary N) is 2. The van der Waals surface area contributed by atoms with E-state index in [-0.39, 0.29) is 33.9 Å². The summed E-state index contributed by atoms with van der Waals surface area (Å²) in [5.74, 6) is -1.69. The van der Waals surface area contributed by atoms with E-state index in [9.17, 15) is 22.0 Å². The van der Waals surface area contributed by atoms with E-state index in [2.05, 4.69) is 10.0 Å². The van der Waals surface area contributed by atoms with Gasteiger partial charge < -0.3 is 5.32 Å². The number of amides is 1. The molecule has 8 heteroatoms. The van der Waals surface area contributed by atoms with Crippen molar-refractivity contribution in [3.05, 3.63) is 54.1 Å². The maximum absolute atomic E-state index is 14.2. The first-order valence-corrected chi connectivity index (χ1v) is 10.6. The Kier molecular flexibility index (Phi) is 6.10. The van der Waals surface area contributed by atoms with Gasteiger partial charge in [-0.3, -0.25) is 4.79 Å². The van der Waals surface area contributed by atoms with Gasteiger partial charge in [-0.2, -0.15) is 0 Å². The average molecular weight is 408 g/mol. The van der Waals surface area contributed by atoms with Crippen LogP contribution in [0.25, 0.3) is 11.1 Å². The zero-order valence-corrected chi connectivity index (χ0v) is 16.2. The van der Waals surface area contributed by atoms with Crippen LogP contribution in [0.1, 0.15) is 25.7 Å². The molecule has 3 rings (SSSR count). The molecule has 2 N–H and O–H groups in total. The lowest BCUT2D eigenvalue weighted by Gasteiger charge is -2.28. The molecule has 0 heterocycles. The Balaban J connectivity index is 1.83. The maximum atomic E-state index is 14.2. The van der Waals surface area contributed by atoms with Crippen LogP contribution in [-0.4, -0.2) is 27.4 Å². The second-order valence-corrected chi connectivity index (χ2v) is 8.59. The van der Waals surface area contributed by atoms with Crippen LogP contribution in [0.4, 0.5) is 8.78 Å². The lowest BCUT2D eigenvalue weighted by Crippen LogP contribution is -2.40. The number of hydrogen-bond acceptors (Lipinski definition) is 3. The SMILES string of the molecule is CNC(=O)[C@H]1CC[C@@H](NS(=O)(=O)c2ccccc2-c2ccc(F)cc2F)CC1. The summed E-state index contributed by atoms with van der Waals surface area (Å²) in [5, 5.41) is 2.62. The van der Waals surface area contributed by atoms with Crippen LogP contribution in [0.2, 0.25) is 0 Å². The monoisotopic (exact) mass is 408 g/mol. The highest BCUT2D eigenvalue weighted by Gasteiger charge is 2.29. The molecular formula is C20H22F2N2O3S. The zero-order chi connectivity index (χ0) is 20.3. The van der Waals surface area contributed by atoms with Gasteiger partial charge in [-0.15, -0.1) is 0 Å². The molecule has 0 aromatic heterocycles. The fraction of sp³-hybridized carbons (Fsp3) is 0.350. The van der Waals surface area contributed by atoms with Crippen molar-refractivity contribution in [3.63, 3.8) is 0 Å². The first kappa shape index (κ1) is 20.4. The summed E-state index contributed by atoms with van der Waals surface area (Å²) < 4.78 is 56.0. The topological polar surface area (TPSA) is 75.3 Å². The van der Waals surface area contributed by atoms with Gasteiger partial charge in [-0.05, 0) is 43.9 Å². The van der Waals surface area contributed by atoms with Gasteiger partial charge in [-0.1, -0.05) is 18.2 Å². The molecule has 0 bridgehead atoms. The lowest BCUT2D eigenvalue weighted by atomic mass is 9.86. The van der Waals surface area contributed by atoms with E-state index < -0.39 is 21.7 Å². The molecule has 0 aliphatic heterocycles. The van der Waals surface area contributed by atoms with Crippen molar-refractivity contribution in [2.45, 2.75) is 36.6 Å². The molecule has 5 nitrogen and oxygen atoms in total. The van der Waals surface area contributed by atoms with Crippen molar-refractivity contribution in [3.8, 4) is 11.1 Å². The molecule has 150 valence electrons. The van der Waals surface area contributed by atoms with Crippen molar-refractivity contribution in [1.82, 2.24) is 10.0 Å². The highest BCUT2D eigenvalue weighted by Crippen LogP contribution is 2.31. The summed E-state index contributed by atoms with van der Waals surface area (Å²) in [5.41, 5.74) is 0.192. The smallest absolute Gasteiger partial charge is 0.241 e. The first-order chi connectivity index (χ1) is 13.3. The molecule has 1 saturated carbocycles. The van der Waals surface area contributed by atoms with Gasteiger partial charge in [-0.25, -0.2) is 21.9 Å². The summed E-state index contributed by atoms with van der Waals surface area (Å²) in [7, 11) is -2.33. The Morgan fingerprint density at radius 1 is 1.00 bits per heavy atom. The first-order valence-electron chi connectivity index (χ1n) is 9.10. The Bertz CT molecular complexity index is 971. The number of sulfonamides is 1. The maximum Gasteiger partial charge on any atom is 0.241 e. The van der Waals surface area contributed by atoms with Gasteiger partial charge in [0.15, 0.2) is 0 Å². The van der Waals surface area contributed by atoms with Crippen LogP contribution >= 0.6 is 0 Å². The highest BCUT2D eigenvalue weighted by molar-refractivity contribution is 7.89. The molecule has 1 aliphatic rings. The Hall–Kier alpha value is -2.32. The minimum atomic E-state index is -3.92. The molecule has 0 radical (unpaired) electrons. The fourth-order valence-electron chi connectivity index (χ4n) is 3.59. The van der Waals surface area contributed by atoms with E-state index in [1.807, 2.05) is 0 Å². The average Bonchev–Trinajstić information content (AvgIpc) is 2.68. The van der Waals surface area contributed by atoms with Gasteiger partial charge >= 0.3 is 0 Å². The third kappa shape index (κ3) is 4.39. The van der Waals surface area contributed by atoms with Crippen LogP contribution in [0, 0.1) is 17.6 Å². The molecule has 2 aromatic rings. The van der Waals surface area contributed by atoms with E-state index >= 15 is 0 Å². The van der Waals surface area contributed by atoms with Gasteiger partial charge in [0, 0.05) is 36.2 Å². The molecule has 0 atom stereocenters. The Morgan fingerprint density at radius 2 is 1.68 bits per heavy atom. The second-order valence-electron chi connectivity index (χ2n) is 6.90. The summed E-state index contributed by atoms with van der Waals surface area (Å²) >= 11 is 0. The van der Waals surface area contributed by atoms with Crippen molar-refractivity contribution in [2.24, 2.45) is 5.92 Å². The van der Waals surface area contributed by atoms with Crippen molar-refractivity contribution in [1.29, 1.82) is 0 Å². The summed E-state index contributed by atoms with van der Waals surface area (Å²) in [6.07, 6.45) is 2.29. The van der Waals surface area contributed by atoms with Gasteiger partial charge in [0.05, 0.1) is 4.90 Å². The van der Waals surface area contributed by atoms with Crippen LogP contribution in [0.5, 0.6) is 0 Å². The van der Waals surface area contributed by atoms with E-state index in [4.69, 9.17) is 0 Å². The van der Waals surface area contributed by atoms with Crippen LogP contribution in [0.15, 0.2) is 47.4 Å². The van der Waals surface area contributed by atoms with Crippen LogP contribution < -0.4 is 10.0 Å². The Morgan fingerprint density at radius 3 is 2.32 bits per heavy atom. The van der Waals surface area contributed by atoms with Crippen molar-refractivity contribution < 1.29 is 22.0 Å². The van der Waals surface area contributed by atoms with E-state index in [1.54, 1.807) is 19.2 Å². The molecule has 1 aliphatic carbocycles. The number of halogens is 2. The van der Waals surface area contributed by atoms with E-state index in [1.165, 1.54) is 18.2 Å². The molecule has 0 saturated heterocycles. The number of hydrogen-bond donors (Lipinski definition) is 2. The van der Waals surface area contributed by atoms with Crippen LogP contribution in [0.3, 0.4) is 0 Å². The van der Waals surface area contributed by atoms with Crippen LogP contribution in [-0.2, 0) is 14.8 Å². The predicted octanol–water partition coefficient (Wildman–Crippen LogP) is 3.21. The van der Waals surface area contributed by atoms with E-state index in [0.29, 0.717) is 25.7 Å². The van der Waals surface area contributed by atoms with Gasteiger partial charge in [0.1, 0.15) is 11.6 Å². The van der Waals surface area contributed by atoms with Gasteiger partial charge in [0.25, 0.3) is 0 Å². The minimum Gasteiger partial charge on any atom is -0.359 e. The normalized spacial score (nSPS) is 20.0. The standard InChI is InChI=1S/C20H22F2N2O3S/c1-23-20(25)13-6-9-15(10-7-13)24-28(26,27)19-5-3-2-4-17(19)16-11-8-14(21)12-18(16)22/h2-5,8,11-13,15,24H,6-7,9-10H2,1H3,(H,23,25)/t13-,15+. The predicted molar refractivity (Wildman–Crippen MR) is 102 cm³/mol. The summed E-state index contributed by atoms with van der Waals surface area (Å²) in [6, 6.07) is 8.81. The number of carbonyl (C=O) groups excluding carboxylic acids is 1. The highest BCUT2D eigenvalue weighted by atomic mass is 32.2.